The Morgan fingerprint density at radius 3 is 1.30 bits per heavy atom. The molecule has 0 aliphatic heterocycles. The van der Waals surface area contributed by atoms with Crippen LogP contribution in [0.15, 0.2) is 48.5 Å². The number of hydrogen-bond acceptors (Lipinski definition) is 2. The third kappa shape index (κ3) is 3.90. The summed E-state index contributed by atoms with van der Waals surface area (Å²) < 4.78 is 10.0. The third-order valence-corrected chi connectivity index (χ3v) is 4.08. The maximum Gasteiger partial charge on any atom is 2.00 e. The first-order valence-electron chi connectivity index (χ1n) is 5.86. The maximum absolute atomic E-state index is 5.01. The molecule has 2 nitrogen and oxygen atoms in total. The summed E-state index contributed by atoms with van der Waals surface area (Å²) in [6.45, 7) is 4.39. The fourth-order valence-electron chi connectivity index (χ4n) is 2.01. The molecule has 0 atom stereocenters. The SMILES string of the molecule is CC(C)(c1ccc(OBr)cc1)c1ccc(OBr)cc1.[H-].[H-].[Mg+2]. The van der Waals surface area contributed by atoms with Crippen LogP contribution in [0, 0.1) is 0 Å². The Morgan fingerprint density at radius 2 is 1.05 bits per heavy atom. The van der Waals surface area contributed by atoms with Gasteiger partial charge in [-0.05, 0) is 35.4 Å². The summed E-state index contributed by atoms with van der Waals surface area (Å²) in [5, 5.41) is 0. The van der Waals surface area contributed by atoms with Gasteiger partial charge in [-0.25, -0.2) is 0 Å². The van der Waals surface area contributed by atoms with Crippen LogP contribution >= 0.6 is 32.5 Å². The van der Waals surface area contributed by atoms with Crippen LogP contribution in [0.4, 0.5) is 0 Å². The molecule has 5 heteroatoms. The zero-order valence-corrected chi connectivity index (χ0v) is 16.0. The Morgan fingerprint density at radius 1 is 0.750 bits per heavy atom. The van der Waals surface area contributed by atoms with Crippen molar-refractivity contribution in [2.75, 3.05) is 0 Å². The molecule has 0 saturated carbocycles. The molecule has 2 aromatic rings. The van der Waals surface area contributed by atoms with E-state index >= 15 is 0 Å². The van der Waals surface area contributed by atoms with Gasteiger partial charge in [-0.1, -0.05) is 38.1 Å². The minimum absolute atomic E-state index is 0. The van der Waals surface area contributed by atoms with E-state index in [0.717, 1.165) is 11.5 Å². The quantitative estimate of drug-likeness (QED) is 0.640. The Kier molecular flexibility index (Phi) is 6.84. The van der Waals surface area contributed by atoms with Gasteiger partial charge in [0.25, 0.3) is 0 Å². The second-order valence-corrected chi connectivity index (χ2v) is 5.48. The van der Waals surface area contributed by atoms with E-state index in [4.69, 9.17) is 7.66 Å². The van der Waals surface area contributed by atoms with Gasteiger partial charge in [0, 0.05) is 5.41 Å². The molecule has 0 saturated heterocycles. The maximum atomic E-state index is 5.01. The van der Waals surface area contributed by atoms with Gasteiger partial charge in [0.15, 0.2) is 32.5 Å². The Bertz CT molecular complexity index is 499. The van der Waals surface area contributed by atoms with Crippen LogP contribution < -0.4 is 7.66 Å². The second kappa shape index (κ2) is 7.68. The van der Waals surface area contributed by atoms with Crippen molar-refractivity contribution in [1.29, 1.82) is 0 Å². The molecule has 0 N–H and O–H groups in total. The van der Waals surface area contributed by atoms with Crippen molar-refractivity contribution in [3.8, 4) is 11.5 Å². The zero-order valence-electron chi connectivity index (χ0n) is 13.4. The van der Waals surface area contributed by atoms with Crippen molar-refractivity contribution in [3.05, 3.63) is 59.7 Å². The molecule has 2 rings (SSSR count). The largest absolute Gasteiger partial charge is 2.00 e. The van der Waals surface area contributed by atoms with Crippen molar-refractivity contribution in [3.63, 3.8) is 0 Å². The molecular weight excluding hydrogens is 396 g/mol. The Balaban J connectivity index is 0. The molecule has 0 amide bonds. The molecular formula is C15H16Br2MgO2. The average Bonchev–Trinajstić information content (AvgIpc) is 2.47. The van der Waals surface area contributed by atoms with Crippen molar-refractivity contribution in [1.82, 2.24) is 0 Å². The molecule has 104 valence electrons. The van der Waals surface area contributed by atoms with E-state index in [2.05, 4.69) is 70.6 Å². The van der Waals surface area contributed by atoms with E-state index < -0.39 is 0 Å². The first-order valence-corrected chi connectivity index (χ1v) is 7.15. The van der Waals surface area contributed by atoms with Gasteiger partial charge in [0.1, 0.15) is 11.5 Å². The van der Waals surface area contributed by atoms with Gasteiger partial charge in [0.05, 0.1) is 0 Å². The molecule has 0 spiro atoms. The van der Waals surface area contributed by atoms with Gasteiger partial charge in [-0.3, -0.25) is 0 Å². The number of rotatable bonds is 4. The van der Waals surface area contributed by atoms with E-state index in [0.29, 0.717) is 0 Å². The van der Waals surface area contributed by atoms with E-state index in [1.165, 1.54) is 11.1 Å². The van der Waals surface area contributed by atoms with Crippen molar-refractivity contribution in [2.45, 2.75) is 19.3 Å². The standard InChI is InChI=1S/C15H14Br2O2.Mg.2H/c1-15(2,11-3-7-13(18-16)8-4-11)12-5-9-14(19-17)10-6-12;;;/h3-10H,1-2H3;;;/q;+2;2*-1. The first-order chi connectivity index (χ1) is 9.07. The first kappa shape index (κ1) is 17.8. The molecule has 2 aromatic carbocycles. The van der Waals surface area contributed by atoms with Crippen LogP contribution in [0.2, 0.25) is 0 Å². The third-order valence-electron chi connectivity index (χ3n) is 3.33. The number of halogens is 2. The predicted molar refractivity (Wildman–Crippen MR) is 92.1 cm³/mol. The van der Waals surface area contributed by atoms with Gasteiger partial charge >= 0.3 is 23.1 Å². The second-order valence-electron chi connectivity index (χ2n) is 4.83. The van der Waals surface area contributed by atoms with Gasteiger partial charge in [0.2, 0.25) is 0 Å². The summed E-state index contributed by atoms with van der Waals surface area (Å²) in [5.74, 6) is 1.59. The zero-order chi connectivity index (χ0) is 13.9. The molecule has 0 radical (unpaired) electrons. The number of benzene rings is 2. The van der Waals surface area contributed by atoms with E-state index in [1.807, 2.05) is 24.3 Å². The summed E-state index contributed by atoms with van der Waals surface area (Å²) in [6.07, 6.45) is 0. The summed E-state index contributed by atoms with van der Waals surface area (Å²) in [5.41, 5.74) is 2.39. The topological polar surface area (TPSA) is 18.5 Å². The fourth-order valence-corrected chi connectivity index (χ4v) is 2.44. The van der Waals surface area contributed by atoms with Crippen LogP contribution in [-0.2, 0) is 5.41 Å². The fraction of sp³-hybridized carbons (Fsp3) is 0.200. The van der Waals surface area contributed by atoms with Crippen LogP contribution in [0.25, 0.3) is 0 Å². The Hall–Kier alpha value is -0.234. The van der Waals surface area contributed by atoms with Crippen molar-refractivity contribution in [2.24, 2.45) is 0 Å². The van der Waals surface area contributed by atoms with Crippen molar-refractivity contribution >= 4 is 55.6 Å². The number of hydrogen-bond donors (Lipinski definition) is 0. The van der Waals surface area contributed by atoms with Crippen LogP contribution in [-0.4, -0.2) is 23.1 Å². The van der Waals surface area contributed by atoms with Gasteiger partial charge in [-0.2, -0.15) is 0 Å². The van der Waals surface area contributed by atoms with Crippen molar-refractivity contribution < 1.29 is 10.5 Å². The molecule has 20 heavy (non-hydrogen) atoms. The summed E-state index contributed by atoms with van der Waals surface area (Å²) in [4.78, 5) is 0. The van der Waals surface area contributed by atoms with Crippen LogP contribution in [0.1, 0.15) is 27.8 Å². The summed E-state index contributed by atoms with van der Waals surface area (Å²) in [7, 11) is 0. The van der Waals surface area contributed by atoms with Crippen LogP contribution in [0.3, 0.4) is 0 Å². The summed E-state index contributed by atoms with van der Waals surface area (Å²) in [6, 6.07) is 16.1. The average molecular weight is 412 g/mol. The van der Waals surface area contributed by atoms with Crippen LogP contribution in [0.5, 0.6) is 11.5 Å². The summed E-state index contributed by atoms with van der Waals surface area (Å²) >= 11 is 5.95. The normalized spacial score (nSPS) is 10.6. The van der Waals surface area contributed by atoms with E-state index in [1.54, 1.807) is 0 Å². The monoisotopic (exact) mass is 410 g/mol. The minimum Gasteiger partial charge on any atom is -1.00 e. The smallest absolute Gasteiger partial charge is 1.00 e. The molecule has 0 aliphatic rings. The molecule has 0 fully saturated rings. The van der Waals surface area contributed by atoms with Gasteiger partial charge < -0.3 is 10.5 Å². The molecule has 0 bridgehead atoms. The minimum atomic E-state index is -0.0737. The molecule has 0 aliphatic carbocycles. The van der Waals surface area contributed by atoms with E-state index in [-0.39, 0.29) is 31.3 Å². The van der Waals surface area contributed by atoms with E-state index in [9.17, 15) is 0 Å². The Labute approximate surface area is 155 Å². The molecule has 0 unspecified atom stereocenters. The predicted octanol–water partition coefficient (Wildman–Crippen LogP) is 5.23. The van der Waals surface area contributed by atoms with Gasteiger partial charge in [-0.15, -0.1) is 0 Å². The molecule has 0 aromatic heterocycles. The molecule has 0 heterocycles.